The molecule has 5 nitrogen and oxygen atoms in total. The lowest BCUT2D eigenvalue weighted by Gasteiger charge is -2.41. The van der Waals surface area contributed by atoms with E-state index in [2.05, 4.69) is 10.2 Å². The van der Waals surface area contributed by atoms with Gasteiger partial charge < -0.3 is 20.3 Å². The molecule has 0 bridgehead atoms. The molecule has 0 saturated carbocycles. The van der Waals surface area contributed by atoms with Crippen molar-refractivity contribution in [2.75, 3.05) is 43.1 Å². The summed E-state index contributed by atoms with van der Waals surface area (Å²) in [5.41, 5.74) is 2.91. The van der Waals surface area contributed by atoms with Gasteiger partial charge in [0, 0.05) is 42.6 Å². The highest BCUT2D eigenvalue weighted by atomic mass is 35.5. The van der Waals surface area contributed by atoms with Gasteiger partial charge >= 0.3 is 7.12 Å². The van der Waals surface area contributed by atoms with Gasteiger partial charge in [0.15, 0.2) is 0 Å². The first kappa shape index (κ1) is 25.9. The summed E-state index contributed by atoms with van der Waals surface area (Å²) in [5.74, 6) is -1.33. The Balaban J connectivity index is 1.48. The fourth-order valence-electron chi connectivity index (χ4n) is 5.32. The molecular weight excluding hydrogens is 502 g/mol. The smallest absolute Gasteiger partial charge is 0.423 e. The van der Waals surface area contributed by atoms with E-state index in [0.717, 1.165) is 11.3 Å². The maximum absolute atomic E-state index is 15.7. The van der Waals surface area contributed by atoms with E-state index in [1.54, 1.807) is 30.3 Å². The molecule has 0 spiro atoms. The molecule has 0 radical (unpaired) electrons. The molecular formula is C27H28BClF3N3O2. The van der Waals surface area contributed by atoms with Crippen LogP contribution in [0, 0.1) is 11.6 Å². The number of benzene rings is 3. The Morgan fingerprint density at radius 1 is 1.00 bits per heavy atom. The highest BCUT2D eigenvalue weighted by molar-refractivity contribution is 6.58. The predicted molar refractivity (Wildman–Crippen MR) is 141 cm³/mol. The van der Waals surface area contributed by atoms with Crippen LogP contribution in [-0.4, -0.2) is 61.0 Å². The average Bonchev–Trinajstić information content (AvgIpc) is 2.85. The van der Waals surface area contributed by atoms with Crippen LogP contribution in [0.3, 0.4) is 0 Å². The fourth-order valence-corrected chi connectivity index (χ4v) is 5.45. The number of hydrogen-bond donors (Lipinski definition) is 3. The molecule has 1 atom stereocenters. The monoisotopic (exact) mass is 529 g/mol. The van der Waals surface area contributed by atoms with Crippen LogP contribution in [0.5, 0.6) is 0 Å². The number of likely N-dealkylation sites (tertiary alicyclic amines) is 1. The second kappa shape index (κ2) is 11.0. The standard InChI is InChI=1S/C27H28BClF3N3O2/c29-19-3-5-22(6-4-19)35-11-8-17-12-18(28(36)37)2-7-23(17)27(35)26-24(31)13-20(14-25(26)32)33-21-15-34(16-21)10-1-9-30/h2-7,12-14,21,27,33,36-37H,1,8-11,15-16H2/t27-/m1/s1. The number of rotatable bonds is 8. The van der Waals surface area contributed by atoms with Crippen LogP contribution in [0.2, 0.25) is 5.02 Å². The van der Waals surface area contributed by atoms with Crippen LogP contribution in [0.1, 0.15) is 29.2 Å². The maximum atomic E-state index is 15.7. The zero-order valence-electron chi connectivity index (χ0n) is 20.2. The van der Waals surface area contributed by atoms with Crippen LogP contribution in [0.15, 0.2) is 54.6 Å². The zero-order valence-corrected chi connectivity index (χ0v) is 20.9. The lowest BCUT2D eigenvalue weighted by Crippen LogP contribution is -2.54. The Morgan fingerprint density at radius 3 is 2.35 bits per heavy atom. The SMILES string of the molecule is OB(O)c1ccc2c(c1)CCN(c1ccc(Cl)cc1)[C@H]2c1c(F)cc(NC2CN(CCCF)C2)cc1F. The van der Waals surface area contributed by atoms with E-state index in [1.165, 1.54) is 12.1 Å². The van der Waals surface area contributed by atoms with Gasteiger partial charge in [-0.2, -0.15) is 0 Å². The Labute approximate surface area is 219 Å². The number of fused-ring (bicyclic) bond motifs is 1. The minimum absolute atomic E-state index is 0.0496. The Hall–Kier alpha value is -2.72. The third-order valence-corrected chi connectivity index (χ3v) is 7.39. The third kappa shape index (κ3) is 5.45. The van der Waals surface area contributed by atoms with Gasteiger partial charge in [-0.15, -0.1) is 0 Å². The maximum Gasteiger partial charge on any atom is 0.488 e. The van der Waals surface area contributed by atoms with Crippen molar-refractivity contribution in [1.29, 1.82) is 0 Å². The molecule has 3 aromatic rings. The first-order chi connectivity index (χ1) is 17.8. The normalized spacial score (nSPS) is 17.9. The van der Waals surface area contributed by atoms with Crippen LogP contribution in [0.25, 0.3) is 0 Å². The first-order valence-corrected chi connectivity index (χ1v) is 12.8. The van der Waals surface area contributed by atoms with E-state index in [1.807, 2.05) is 17.0 Å². The summed E-state index contributed by atoms with van der Waals surface area (Å²) in [7, 11) is -1.63. The lowest BCUT2D eigenvalue weighted by atomic mass is 9.76. The van der Waals surface area contributed by atoms with Gasteiger partial charge in [0.25, 0.3) is 0 Å². The highest BCUT2D eigenvalue weighted by Gasteiger charge is 2.34. The van der Waals surface area contributed by atoms with Crippen molar-refractivity contribution in [2.24, 2.45) is 0 Å². The van der Waals surface area contributed by atoms with E-state index in [-0.39, 0.29) is 18.3 Å². The molecule has 3 N–H and O–H groups in total. The number of alkyl halides is 1. The Bertz CT molecular complexity index is 1240. The molecule has 2 aliphatic heterocycles. The van der Waals surface area contributed by atoms with Crippen molar-refractivity contribution in [3.05, 3.63) is 87.9 Å². The van der Waals surface area contributed by atoms with E-state index in [9.17, 15) is 14.4 Å². The molecule has 10 heteroatoms. The van der Waals surface area contributed by atoms with Crippen LogP contribution < -0.4 is 15.7 Å². The van der Waals surface area contributed by atoms with Gasteiger partial charge in [-0.05, 0) is 65.8 Å². The van der Waals surface area contributed by atoms with Gasteiger partial charge in [-0.25, -0.2) is 8.78 Å². The largest absolute Gasteiger partial charge is 0.488 e. The number of halogens is 4. The molecule has 1 saturated heterocycles. The van der Waals surface area contributed by atoms with Crippen molar-refractivity contribution >= 4 is 35.6 Å². The van der Waals surface area contributed by atoms with Gasteiger partial charge in [-0.3, -0.25) is 9.29 Å². The van der Waals surface area contributed by atoms with E-state index in [0.29, 0.717) is 60.8 Å². The first-order valence-electron chi connectivity index (χ1n) is 12.4. The zero-order chi connectivity index (χ0) is 26.1. The molecule has 1 fully saturated rings. The van der Waals surface area contributed by atoms with Crippen molar-refractivity contribution in [3.63, 3.8) is 0 Å². The molecule has 5 rings (SSSR count). The summed E-state index contributed by atoms with van der Waals surface area (Å²) < 4.78 is 43.8. The summed E-state index contributed by atoms with van der Waals surface area (Å²) in [6, 6.07) is 14.0. The topological polar surface area (TPSA) is 59.0 Å². The minimum Gasteiger partial charge on any atom is -0.423 e. The molecule has 37 heavy (non-hydrogen) atoms. The molecule has 0 amide bonds. The number of hydrogen-bond acceptors (Lipinski definition) is 5. The van der Waals surface area contributed by atoms with Crippen molar-refractivity contribution in [1.82, 2.24) is 4.90 Å². The number of nitrogens with zero attached hydrogens (tertiary/aromatic N) is 2. The van der Waals surface area contributed by atoms with E-state index < -0.39 is 24.8 Å². The second-order valence-corrected chi connectivity index (χ2v) is 10.1. The quantitative estimate of drug-likeness (QED) is 0.387. The molecule has 194 valence electrons. The van der Waals surface area contributed by atoms with Gasteiger partial charge in [0.05, 0.1) is 24.3 Å². The molecule has 0 unspecified atom stereocenters. The molecule has 0 aliphatic carbocycles. The summed E-state index contributed by atoms with van der Waals surface area (Å²) in [5, 5.41) is 23.0. The van der Waals surface area contributed by atoms with Crippen LogP contribution in [0.4, 0.5) is 24.5 Å². The number of nitrogens with one attached hydrogen (secondary N) is 1. The van der Waals surface area contributed by atoms with Crippen LogP contribution in [-0.2, 0) is 6.42 Å². The third-order valence-electron chi connectivity index (χ3n) is 7.14. The summed E-state index contributed by atoms with van der Waals surface area (Å²) >= 11 is 6.08. The Kier molecular flexibility index (Phi) is 7.67. The Morgan fingerprint density at radius 2 is 1.70 bits per heavy atom. The molecule has 3 aromatic carbocycles. The predicted octanol–water partition coefficient (Wildman–Crippen LogP) is 3.91. The van der Waals surface area contributed by atoms with Gasteiger partial charge in [0.2, 0.25) is 0 Å². The van der Waals surface area contributed by atoms with E-state index in [4.69, 9.17) is 11.6 Å². The van der Waals surface area contributed by atoms with Crippen LogP contribution >= 0.6 is 11.6 Å². The molecule has 2 heterocycles. The minimum atomic E-state index is -1.63. The van der Waals surface area contributed by atoms with Crippen molar-refractivity contribution in [3.8, 4) is 0 Å². The van der Waals surface area contributed by atoms with Gasteiger partial charge in [-0.1, -0.05) is 29.8 Å². The summed E-state index contributed by atoms with van der Waals surface area (Å²) in [6.45, 7) is 2.19. The number of anilines is 2. The van der Waals surface area contributed by atoms with Crippen molar-refractivity contribution < 1.29 is 23.2 Å². The summed E-state index contributed by atoms with van der Waals surface area (Å²) in [4.78, 5) is 4.04. The summed E-state index contributed by atoms with van der Waals surface area (Å²) in [6.07, 6.45) is 1.05. The highest BCUT2D eigenvalue weighted by Crippen LogP contribution is 2.41. The second-order valence-electron chi connectivity index (χ2n) is 9.65. The fraction of sp³-hybridized carbons (Fsp3) is 0.333. The average molecular weight is 530 g/mol. The van der Waals surface area contributed by atoms with Crippen molar-refractivity contribution in [2.45, 2.75) is 24.9 Å². The molecule has 2 aliphatic rings. The molecule has 0 aromatic heterocycles. The lowest BCUT2D eigenvalue weighted by molar-refractivity contribution is 0.155. The van der Waals surface area contributed by atoms with E-state index >= 15 is 8.78 Å². The van der Waals surface area contributed by atoms with Gasteiger partial charge in [0.1, 0.15) is 11.6 Å².